The monoisotopic (exact) mass is 317 g/mol. The van der Waals surface area contributed by atoms with Crippen LogP contribution in [0.1, 0.15) is 26.5 Å². The molecule has 2 N–H and O–H groups in total. The summed E-state index contributed by atoms with van der Waals surface area (Å²) in [6.45, 7) is 5.91. The van der Waals surface area contributed by atoms with Crippen LogP contribution in [0.3, 0.4) is 0 Å². The van der Waals surface area contributed by atoms with Crippen molar-refractivity contribution in [3.8, 4) is 5.75 Å². The van der Waals surface area contributed by atoms with E-state index in [9.17, 15) is 14.4 Å². The Morgan fingerprint density at radius 3 is 2.09 bits per heavy atom. The van der Waals surface area contributed by atoms with Gasteiger partial charge in [0.2, 0.25) is 11.8 Å². The number of nitrogens with zero attached hydrogens (tertiary/aromatic N) is 1. The SMILES string of the molecule is CC(=O)Nc1c(OC(C)=O)ccc2c1c(NC(C)=O)c(C)n2C. The highest BCUT2D eigenvalue weighted by atomic mass is 16.5. The summed E-state index contributed by atoms with van der Waals surface area (Å²) in [4.78, 5) is 34.4. The van der Waals surface area contributed by atoms with Crippen molar-refractivity contribution in [2.45, 2.75) is 27.7 Å². The van der Waals surface area contributed by atoms with Crippen LogP contribution in [-0.2, 0) is 21.4 Å². The van der Waals surface area contributed by atoms with E-state index in [-0.39, 0.29) is 17.6 Å². The summed E-state index contributed by atoms with van der Waals surface area (Å²) in [5, 5.41) is 6.09. The summed E-state index contributed by atoms with van der Waals surface area (Å²) in [5.74, 6) is -0.796. The average Bonchev–Trinajstić information content (AvgIpc) is 2.65. The molecule has 0 aliphatic carbocycles. The third-order valence-corrected chi connectivity index (χ3v) is 3.48. The van der Waals surface area contributed by atoms with E-state index in [1.165, 1.54) is 20.8 Å². The van der Waals surface area contributed by atoms with Crippen molar-refractivity contribution >= 4 is 40.1 Å². The predicted octanol–water partition coefficient (Wildman–Crippen LogP) is 2.33. The lowest BCUT2D eigenvalue weighted by atomic mass is 10.1. The molecule has 0 fully saturated rings. The van der Waals surface area contributed by atoms with Crippen LogP contribution in [0.25, 0.3) is 10.9 Å². The van der Waals surface area contributed by atoms with Crippen LogP contribution in [0, 0.1) is 6.92 Å². The van der Waals surface area contributed by atoms with Crippen molar-refractivity contribution in [2.75, 3.05) is 10.6 Å². The van der Waals surface area contributed by atoms with E-state index < -0.39 is 5.97 Å². The van der Waals surface area contributed by atoms with Gasteiger partial charge in [-0.15, -0.1) is 0 Å². The van der Waals surface area contributed by atoms with E-state index in [2.05, 4.69) is 10.6 Å². The second-order valence-corrected chi connectivity index (χ2v) is 5.31. The number of ether oxygens (including phenoxy) is 1. The molecule has 0 aliphatic rings. The van der Waals surface area contributed by atoms with Gasteiger partial charge >= 0.3 is 5.97 Å². The maximum absolute atomic E-state index is 11.6. The van der Waals surface area contributed by atoms with Gasteiger partial charge in [-0.3, -0.25) is 14.4 Å². The first-order chi connectivity index (χ1) is 10.7. The van der Waals surface area contributed by atoms with Crippen LogP contribution in [0.5, 0.6) is 5.75 Å². The zero-order valence-electron chi connectivity index (χ0n) is 13.7. The van der Waals surface area contributed by atoms with E-state index in [0.29, 0.717) is 16.8 Å². The Balaban J connectivity index is 2.83. The van der Waals surface area contributed by atoms with Crippen LogP contribution < -0.4 is 15.4 Å². The smallest absolute Gasteiger partial charge is 0.308 e. The number of benzene rings is 1. The first kappa shape index (κ1) is 16.5. The highest BCUT2D eigenvalue weighted by molar-refractivity contribution is 6.13. The van der Waals surface area contributed by atoms with Gasteiger partial charge in [0.1, 0.15) is 0 Å². The highest BCUT2D eigenvalue weighted by Crippen LogP contribution is 2.41. The van der Waals surface area contributed by atoms with Crippen LogP contribution in [-0.4, -0.2) is 22.4 Å². The van der Waals surface area contributed by atoms with Gasteiger partial charge in [-0.25, -0.2) is 0 Å². The molecule has 1 aromatic heterocycles. The number of carbonyl (C=O) groups excluding carboxylic acids is 3. The number of nitrogens with one attached hydrogen (secondary N) is 2. The number of aryl methyl sites for hydroxylation is 1. The molecular weight excluding hydrogens is 298 g/mol. The third-order valence-electron chi connectivity index (χ3n) is 3.48. The Bertz CT molecular complexity index is 821. The normalized spacial score (nSPS) is 10.5. The second-order valence-electron chi connectivity index (χ2n) is 5.31. The number of hydrogen-bond acceptors (Lipinski definition) is 4. The molecule has 0 radical (unpaired) electrons. The van der Waals surface area contributed by atoms with E-state index in [0.717, 1.165) is 11.2 Å². The zero-order chi connectivity index (χ0) is 17.3. The van der Waals surface area contributed by atoms with Crippen molar-refractivity contribution in [2.24, 2.45) is 7.05 Å². The summed E-state index contributed by atoms with van der Waals surface area (Å²) >= 11 is 0. The number of fused-ring (bicyclic) bond motifs is 1. The molecule has 23 heavy (non-hydrogen) atoms. The molecular formula is C16H19N3O4. The van der Waals surface area contributed by atoms with E-state index in [4.69, 9.17) is 4.74 Å². The Hall–Kier alpha value is -2.83. The molecule has 0 bridgehead atoms. The number of hydrogen-bond donors (Lipinski definition) is 2. The minimum absolute atomic E-state index is 0.229. The van der Waals surface area contributed by atoms with E-state index in [1.54, 1.807) is 12.1 Å². The summed E-state index contributed by atoms with van der Waals surface area (Å²) in [7, 11) is 1.85. The number of aromatic nitrogens is 1. The van der Waals surface area contributed by atoms with Crippen molar-refractivity contribution < 1.29 is 19.1 Å². The van der Waals surface area contributed by atoms with E-state index in [1.807, 2.05) is 18.5 Å². The Morgan fingerprint density at radius 2 is 1.57 bits per heavy atom. The van der Waals surface area contributed by atoms with Crippen LogP contribution in [0.15, 0.2) is 12.1 Å². The highest BCUT2D eigenvalue weighted by Gasteiger charge is 2.21. The fourth-order valence-electron chi connectivity index (χ4n) is 2.50. The van der Waals surface area contributed by atoms with Gasteiger partial charge in [0.05, 0.1) is 22.3 Å². The molecule has 0 saturated heterocycles. The lowest BCUT2D eigenvalue weighted by Crippen LogP contribution is -2.11. The number of amides is 2. The average molecular weight is 317 g/mol. The fraction of sp³-hybridized carbons (Fsp3) is 0.312. The number of esters is 1. The quantitative estimate of drug-likeness (QED) is 0.671. The number of rotatable bonds is 3. The van der Waals surface area contributed by atoms with Crippen molar-refractivity contribution in [1.29, 1.82) is 0 Å². The Labute approximate surface area is 133 Å². The Morgan fingerprint density at radius 1 is 1.00 bits per heavy atom. The molecule has 0 aliphatic heterocycles. The van der Waals surface area contributed by atoms with Gasteiger partial charge in [-0.05, 0) is 19.1 Å². The molecule has 7 heteroatoms. The van der Waals surface area contributed by atoms with Gasteiger partial charge in [-0.2, -0.15) is 0 Å². The first-order valence-corrected chi connectivity index (χ1v) is 7.08. The second kappa shape index (κ2) is 6.12. The largest absolute Gasteiger partial charge is 0.424 e. The maximum atomic E-state index is 11.6. The molecule has 0 spiro atoms. The molecule has 1 heterocycles. The number of anilines is 2. The third kappa shape index (κ3) is 3.18. The van der Waals surface area contributed by atoms with Crippen molar-refractivity contribution in [3.63, 3.8) is 0 Å². The first-order valence-electron chi connectivity index (χ1n) is 7.08. The summed E-state index contributed by atoms with van der Waals surface area (Å²) < 4.78 is 7.08. The van der Waals surface area contributed by atoms with Gasteiger partial charge < -0.3 is 19.9 Å². The Kier molecular flexibility index (Phi) is 4.40. The lowest BCUT2D eigenvalue weighted by molar-refractivity contribution is -0.132. The fourth-order valence-corrected chi connectivity index (χ4v) is 2.50. The minimum Gasteiger partial charge on any atom is -0.424 e. The molecule has 1 aromatic carbocycles. The van der Waals surface area contributed by atoms with Gasteiger partial charge in [0, 0.05) is 33.5 Å². The van der Waals surface area contributed by atoms with E-state index >= 15 is 0 Å². The van der Waals surface area contributed by atoms with Gasteiger partial charge in [-0.1, -0.05) is 0 Å². The summed E-state index contributed by atoms with van der Waals surface area (Å²) in [6, 6.07) is 3.39. The van der Waals surface area contributed by atoms with Gasteiger partial charge in [0.15, 0.2) is 5.75 Å². The van der Waals surface area contributed by atoms with Gasteiger partial charge in [0.25, 0.3) is 0 Å². The van der Waals surface area contributed by atoms with Crippen LogP contribution >= 0.6 is 0 Å². The predicted molar refractivity (Wildman–Crippen MR) is 87.6 cm³/mol. The summed E-state index contributed by atoms with van der Waals surface area (Å²) in [5.41, 5.74) is 2.55. The summed E-state index contributed by atoms with van der Waals surface area (Å²) in [6.07, 6.45) is 0. The standard InChI is InChI=1S/C16H19N3O4/c1-8-15(17-9(2)20)14-12(19(8)5)6-7-13(23-11(4)22)16(14)18-10(3)21/h6-7H,1-5H3,(H,17,20)(H,18,21). The molecule has 2 aromatic rings. The lowest BCUT2D eigenvalue weighted by Gasteiger charge is -2.12. The molecule has 122 valence electrons. The number of carbonyl (C=O) groups is 3. The van der Waals surface area contributed by atoms with Crippen molar-refractivity contribution in [3.05, 3.63) is 17.8 Å². The molecule has 0 unspecified atom stereocenters. The van der Waals surface area contributed by atoms with Crippen LogP contribution in [0.2, 0.25) is 0 Å². The topological polar surface area (TPSA) is 89.4 Å². The molecule has 2 amide bonds. The zero-order valence-corrected chi connectivity index (χ0v) is 13.7. The van der Waals surface area contributed by atoms with Crippen molar-refractivity contribution in [1.82, 2.24) is 4.57 Å². The molecule has 0 atom stereocenters. The molecule has 7 nitrogen and oxygen atoms in total. The maximum Gasteiger partial charge on any atom is 0.308 e. The molecule has 0 saturated carbocycles. The van der Waals surface area contributed by atoms with Crippen LogP contribution in [0.4, 0.5) is 11.4 Å². The minimum atomic E-state index is -0.496. The molecule has 2 rings (SSSR count).